The van der Waals surface area contributed by atoms with E-state index in [0.717, 1.165) is 11.1 Å². The topological polar surface area (TPSA) is 83.0 Å². The van der Waals surface area contributed by atoms with Crippen molar-refractivity contribution in [1.82, 2.24) is 19.7 Å². The van der Waals surface area contributed by atoms with Crippen molar-refractivity contribution in [2.24, 2.45) is 0 Å². The zero-order valence-corrected chi connectivity index (χ0v) is 18.8. The lowest BCUT2D eigenvalue weighted by Crippen LogP contribution is -2.04. The van der Waals surface area contributed by atoms with Gasteiger partial charge < -0.3 is 13.8 Å². The van der Waals surface area contributed by atoms with Gasteiger partial charge in [0.1, 0.15) is 10.9 Å². The second kappa shape index (κ2) is 8.69. The van der Waals surface area contributed by atoms with Gasteiger partial charge in [0.2, 0.25) is 5.82 Å². The van der Waals surface area contributed by atoms with Crippen molar-refractivity contribution in [3.05, 3.63) is 94.2 Å². The number of aromatic nitrogens is 4. The fourth-order valence-corrected chi connectivity index (χ4v) is 4.07. The molecule has 164 valence electrons. The molecular weight excluding hydrogens is 463 g/mol. The highest BCUT2D eigenvalue weighted by Gasteiger charge is 2.27. The lowest BCUT2D eigenvalue weighted by atomic mass is 10.1. The maximum absolute atomic E-state index is 13.5. The van der Waals surface area contributed by atoms with Gasteiger partial charge in [-0.15, -0.1) is 0 Å². The molecule has 2 aromatic carbocycles. The Morgan fingerprint density at radius 1 is 1.12 bits per heavy atom. The first-order valence-electron chi connectivity index (χ1n) is 9.94. The number of nitrogens with zero attached hydrogens (tertiary/aromatic N) is 4. The number of hydrogen-bond acceptors (Lipinski definition) is 6. The number of ketones is 1. The molecule has 0 amide bonds. The van der Waals surface area contributed by atoms with E-state index in [2.05, 4.69) is 15.1 Å². The maximum Gasteiger partial charge on any atom is 0.299 e. The minimum Gasteiger partial charge on any atom is -0.497 e. The third-order valence-corrected chi connectivity index (χ3v) is 5.87. The molecule has 0 aliphatic carbocycles. The Bertz CT molecular complexity index is 1460. The summed E-state index contributed by atoms with van der Waals surface area (Å²) in [5, 5.41) is 5.46. The van der Waals surface area contributed by atoms with Crippen LogP contribution in [0.3, 0.4) is 0 Å². The maximum atomic E-state index is 13.5. The molecule has 5 rings (SSSR count). The SMILES string of the molecule is COc1ccc2c(c1)c(C(=O)c1nc(-c3cccnc3)no1)c(Cl)n2Cc1ccc(Cl)cc1. The van der Waals surface area contributed by atoms with Crippen LogP contribution in [0.4, 0.5) is 0 Å². The van der Waals surface area contributed by atoms with E-state index >= 15 is 0 Å². The van der Waals surface area contributed by atoms with E-state index in [1.807, 2.05) is 41.0 Å². The molecule has 33 heavy (non-hydrogen) atoms. The number of hydrogen-bond donors (Lipinski definition) is 0. The first-order chi connectivity index (χ1) is 16.0. The molecule has 0 unspecified atom stereocenters. The molecule has 0 atom stereocenters. The number of halogens is 2. The third-order valence-electron chi connectivity index (χ3n) is 5.23. The van der Waals surface area contributed by atoms with Gasteiger partial charge in [-0.2, -0.15) is 4.98 Å². The van der Waals surface area contributed by atoms with Crippen molar-refractivity contribution in [3.8, 4) is 17.1 Å². The lowest BCUT2D eigenvalue weighted by molar-refractivity contribution is 0.0995. The Labute approximate surface area is 198 Å². The zero-order valence-electron chi connectivity index (χ0n) is 17.3. The molecule has 0 saturated carbocycles. The van der Waals surface area contributed by atoms with Gasteiger partial charge in [-0.25, -0.2) is 0 Å². The van der Waals surface area contributed by atoms with Crippen molar-refractivity contribution >= 4 is 39.9 Å². The summed E-state index contributed by atoms with van der Waals surface area (Å²) in [7, 11) is 1.56. The van der Waals surface area contributed by atoms with Crippen LogP contribution in [0, 0.1) is 0 Å². The summed E-state index contributed by atoms with van der Waals surface area (Å²) in [5.41, 5.74) is 2.65. The third kappa shape index (κ3) is 3.97. The van der Waals surface area contributed by atoms with E-state index in [9.17, 15) is 4.79 Å². The van der Waals surface area contributed by atoms with Crippen molar-refractivity contribution in [1.29, 1.82) is 0 Å². The van der Waals surface area contributed by atoms with Crippen molar-refractivity contribution < 1.29 is 14.1 Å². The van der Waals surface area contributed by atoms with Gasteiger partial charge in [-0.3, -0.25) is 9.78 Å². The van der Waals surface area contributed by atoms with Crippen molar-refractivity contribution in [3.63, 3.8) is 0 Å². The number of carbonyl (C=O) groups is 1. The normalized spacial score (nSPS) is 11.1. The number of carbonyl (C=O) groups excluding carboxylic acids is 1. The molecule has 0 aliphatic heterocycles. The van der Waals surface area contributed by atoms with Crippen LogP contribution in [0.5, 0.6) is 5.75 Å². The average molecular weight is 479 g/mol. The summed E-state index contributed by atoms with van der Waals surface area (Å²) >= 11 is 12.8. The second-order valence-corrected chi connectivity index (χ2v) is 8.05. The van der Waals surface area contributed by atoms with Gasteiger partial charge in [-0.05, 0) is 48.0 Å². The molecule has 0 saturated heterocycles. The number of rotatable bonds is 6. The summed E-state index contributed by atoms with van der Waals surface area (Å²) in [4.78, 5) is 21.8. The van der Waals surface area contributed by atoms with Crippen LogP contribution in [0.15, 0.2) is 71.5 Å². The van der Waals surface area contributed by atoms with E-state index in [0.29, 0.717) is 28.3 Å². The van der Waals surface area contributed by atoms with Crippen LogP contribution in [0.2, 0.25) is 10.2 Å². The first kappa shape index (κ1) is 21.2. The van der Waals surface area contributed by atoms with Gasteiger partial charge >= 0.3 is 0 Å². The van der Waals surface area contributed by atoms with E-state index in [-0.39, 0.29) is 22.4 Å². The fraction of sp³-hybridized carbons (Fsp3) is 0.0833. The van der Waals surface area contributed by atoms with Crippen LogP contribution < -0.4 is 4.74 Å². The zero-order chi connectivity index (χ0) is 22.9. The van der Waals surface area contributed by atoms with Gasteiger partial charge in [0.05, 0.1) is 18.2 Å². The molecular formula is C24H16Cl2N4O3. The largest absolute Gasteiger partial charge is 0.497 e. The number of benzene rings is 2. The number of pyridine rings is 1. The Morgan fingerprint density at radius 2 is 1.94 bits per heavy atom. The van der Waals surface area contributed by atoms with E-state index in [1.54, 1.807) is 37.7 Å². The summed E-state index contributed by atoms with van der Waals surface area (Å²) in [5.74, 6) is 0.225. The molecule has 3 heterocycles. The van der Waals surface area contributed by atoms with Crippen LogP contribution in [0.25, 0.3) is 22.3 Å². The Hall–Kier alpha value is -3.68. The minimum absolute atomic E-state index is 0.163. The average Bonchev–Trinajstić information content (AvgIpc) is 3.44. The molecule has 0 aliphatic rings. The first-order valence-corrected chi connectivity index (χ1v) is 10.7. The van der Waals surface area contributed by atoms with Crippen molar-refractivity contribution in [2.45, 2.75) is 6.54 Å². The highest BCUT2D eigenvalue weighted by atomic mass is 35.5. The minimum atomic E-state index is -0.476. The molecule has 7 nitrogen and oxygen atoms in total. The van der Waals surface area contributed by atoms with Crippen molar-refractivity contribution in [2.75, 3.05) is 7.11 Å². The van der Waals surface area contributed by atoms with Crippen LogP contribution in [-0.2, 0) is 6.54 Å². The molecule has 0 spiro atoms. The van der Waals surface area contributed by atoms with Gasteiger partial charge in [-0.1, -0.05) is 40.5 Å². The number of methoxy groups -OCH3 is 1. The lowest BCUT2D eigenvalue weighted by Gasteiger charge is -2.08. The quantitative estimate of drug-likeness (QED) is 0.292. The predicted molar refractivity (Wildman–Crippen MR) is 125 cm³/mol. The summed E-state index contributed by atoms with van der Waals surface area (Å²) in [6.07, 6.45) is 3.23. The Balaban J connectivity index is 1.61. The molecule has 0 N–H and O–H groups in total. The summed E-state index contributed by atoms with van der Waals surface area (Å²) in [6.45, 7) is 0.441. The predicted octanol–water partition coefficient (Wildman–Crippen LogP) is 5.68. The van der Waals surface area contributed by atoms with Crippen LogP contribution in [-0.4, -0.2) is 32.6 Å². The van der Waals surface area contributed by atoms with E-state index in [1.165, 1.54) is 0 Å². The molecule has 5 aromatic rings. The summed E-state index contributed by atoms with van der Waals surface area (Å²) < 4.78 is 12.5. The molecule has 0 fully saturated rings. The van der Waals surface area contributed by atoms with Gasteiger partial charge in [0, 0.05) is 34.9 Å². The summed E-state index contributed by atoms with van der Waals surface area (Å²) in [6, 6.07) is 16.4. The highest BCUT2D eigenvalue weighted by Crippen LogP contribution is 2.35. The molecule has 9 heteroatoms. The Kier molecular flexibility index (Phi) is 5.58. The second-order valence-electron chi connectivity index (χ2n) is 7.26. The number of fused-ring (bicyclic) bond motifs is 1. The highest BCUT2D eigenvalue weighted by molar-refractivity contribution is 6.36. The number of ether oxygens (including phenoxy) is 1. The monoisotopic (exact) mass is 478 g/mol. The van der Waals surface area contributed by atoms with Gasteiger partial charge in [0.15, 0.2) is 0 Å². The molecule has 0 bridgehead atoms. The van der Waals surface area contributed by atoms with E-state index in [4.69, 9.17) is 32.5 Å². The molecule has 3 aromatic heterocycles. The standard InChI is InChI=1S/C24H16Cl2N4O3/c1-32-17-8-9-19-18(11-17)20(22(26)30(19)13-14-4-6-16(25)7-5-14)21(31)24-28-23(29-33-24)15-3-2-10-27-12-15/h2-12H,13H2,1H3. The fourth-order valence-electron chi connectivity index (χ4n) is 3.61. The van der Waals surface area contributed by atoms with Crippen LogP contribution in [0.1, 0.15) is 21.8 Å². The van der Waals surface area contributed by atoms with E-state index < -0.39 is 5.78 Å². The van der Waals surface area contributed by atoms with Crippen LogP contribution >= 0.6 is 23.2 Å². The molecule has 0 radical (unpaired) electrons. The smallest absolute Gasteiger partial charge is 0.299 e. The van der Waals surface area contributed by atoms with Gasteiger partial charge in [0.25, 0.3) is 11.7 Å². The Morgan fingerprint density at radius 3 is 2.67 bits per heavy atom.